The fourth-order valence-electron chi connectivity index (χ4n) is 2.05. The van der Waals surface area contributed by atoms with Gasteiger partial charge in [0.25, 0.3) is 10.1 Å². The van der Waals surface area contributed by atoms with Gasteiger partial charge in [-0.1, -0.05) is 13.0 Å². The number of carboxylic acid groups (broad SMARTS) is 1. The van der Waals surface area contributed by atoms with Gasteiger partial charge >= 0.3 is 5.97 Å². The lowest BCUT2D eigenvalue weighted by Crippen LogP contribution is -2.11. The van der Waals surface area contributed by atoms with E-state index >= 15 is 0 Å². The second-order valence-corrected chi connectivity index (χ2v) is 5.84. The average molecular weight is 283 g/mol. The standard InChI is InChI=1S/C12H13NO5S/c1-2-11(19(16,17)18)10-5-7-3-4-8(12(14)15)6-9(7)13-10/h3-6,11,13H,2H2,1H3,(H,14,15)(H,16,17,18). The molecule has 1 heterocycles. The summed E-state index contributed by atoms with van der Waals surface area (Å²) in [5.74, 6) is -1.06. The van der Waals surface area contributed by atoms with E-state index in [0.717, 1.165) is 0 Å². The molecule has 0 aliphatic carbocycles. The van der Waals surface area contributed by atoms with Crippen LogP contribution < -0.4 is 0 Å². The highest BCUT2D eigenvalue weighted by molar-refractivity contribution is 7.86. The van der Waals surface area contributed by atoms with Crippen molar-refractivity contribution in [1.29, 1.82) is 0 Å². The van der Waals surface area contributed by atoms with Crippen molar-refractivity contribution >= 4 is 27.0 Å². The Balaban J connectivity index is 2.55. The van der Waals surface area contributed by atoms with Crippen LogP contribution in [0.3, 0.4) is 0 Å². The van der Waals surface area contributed by atoms with Crippen LogP contribution in [0.2, 0.25) is 0 Å². The highest BCUT2D eigenvalue weighted by Gasteiger charge is 2.24. The maximum atomic E-state index is 11.3. The second-order valence-electron chi connectivity index (χ2n) is 4.24. The Hall–Kier alpha value is -1.86. The van der Waals surface area contributed by atoms with Crippen molar-refractivity contribution in [1.82, 2.24) is 4.98 Å². The molecule has 2 rings (SSSR count). The zero-order valence-electron chi connectivity index (χ0n) is 10.1. The first kappa shape index (κ1) is 13.6. The number of aromatic carboxylic acids is 1. The van der Waals surface area contributed by atoms with Crippen molar-refractivity contribution in [2.45, 2.75) is 18.6 Å². The number of rotatable bonds is 4. The molecule has 0 bridgehead atoms. The second kappa shape index (κ2) is 4.67. The van der Waals surface area contributed by atoms with Gasteiger partial charge in [0.05, 0.1) is 5.56 Å². The predicted molar refractivity (Wildman–Crippen MR) is 69.8 cm³/mol. The molecule has 102 valence electrons. The quantitative estimate of drug-likeness (QED) is 0.745. The Bertz CT molecular complexity index is 732. The number of fused-ring (bicyclic) bond motifs is 1. The third-order valence-corrected chi connectivity index (χ3v) is 4.27. The van der Waals surface area contributed by atoms with E-state index in [9.17, 15) is 13.2 Å². The van der Waals surface area contributed by atoms with Crippen LogP contribution in [-0.2, 0) is 10.1 Å². The third kappa shape index (κ3) is 2.61. The Morgan fingerprint density at radius 3 is 2.58 bits per heavy atom. The highest BCUT2D eigenvalue weighted by atomic mass is 32.2. The van der Waals surface area contributed by atoms with Crippen molar-refractivity contribution < 1.29 is 22.9 Å². The fourth-order valence-corrected chi connectivity index (χ4v) is 2.92. The van der Waals surface area contributed by atoms with Crippen LogP contribution in [0.15, 0.2) is 24.3 Å². The van der Waals surface area contributed by atoms with E-state index in [0.29, 0.717) is 16.6 Å². The fraction of sp³-hybridized carbons (Fsp3) is 0.250. The summed E-state index contributed by atoms with van der Waals surface area (Å²) >= 11 is 0. The number of aromatic nitrogens is 1. The van der Waals surface area contributed by atoms with E-state index in [-0.39, 0.29) is 12.0 Å². The van der Waals surface area contributed by atoms with Gasteiger partial charge in [-0.05, 0) is 30.0 Å². The topological polar surface area (TPSA) is 107 Å². The van der Waals surface area contributed by atoms with Gasteiger partial charge in [0, 0.05) is 11.2 Å². The molecule has 3 N–H and O–H groups in total. The van der Waals surface area contributed by atoms with Crippen LogP contribution in [0.1, 0.15) is 34.6 Å². The Kier molecular flexibility index (Phi) is 3.34. The Morgan fingerprint density at radius 1 is 1.37 bits per heavy atom. The zero-order chi connectivity index (χ0) is 14.2. The minimum Gasteiger partial charge on any atom is -0.478 e. The van der Waals surface area contributed by atoms with E-state index in [4.69, 9.17) is 9.66 Å². The first-order chi connectivity index (χ1) is 8.82. The summed E-state index contributed by atoms with van der Waals surface area (Å²) in [4.78, 5) is 13.7. The summed E-state index contributed by atoms with van der Waals surface area (Å²) in [7, 11) is -4.19. The normalized spacial score (nSPS) is 13.6. The molecule has 0 saturated carbocycles. The van der Waals surface area contributed by atoms with E-state index in [2.05, 4.69) is 4.98 Å². The Labute approximate surface area is 109 Å². The molecule has 19 heavy (non-hydrogen) atoms. The smallest absolute Gasteiger partial charge is 0.335 e. The van der Waals surface area contributed by atoms with Crippen LogP contribution in [0.25, 0.3) is 10.9 Å². The molecule has 6 nitrogen and oxygen atoms in total. The van der Waals surface area contributed by atoms with Crippen LogP contribution in [0.5, 0.6) is 0 Å². The summed E-state index contributed by atoms with van der Waals surface area (Å²) in [6.07, 6.45) is 0.220. The van der Waals surface area contributed by atoms with Crippen molar-refractivity contribution in [3.8, 4) is 0 Å². The SMILES string of the molecule is CCC(c1cc2ccc(C(=O)O)cc2[nH]1)S(=O)(=O)O. The van der Waals surface area contributed by atoms with E-state index in [1.807, 2.05) is 0 Å². The molecule has 1 aromatic heterocycles. The highest BCUT2D eigenvalue weighted by Crippen LogP contribution is 2.28. The summed E-state index contributed by atoms with van der Waals surface area (Å²) in [5.41, 5.74) is 0.986. The van der Waals surface area contributed by atoms with Gasteiger partial charge in [-0.3, -0.25) is 4.55 Å². The van der Waals surface area contributed by atoms with Gasteiger partial charge in [-0.15, -0.1) is 0 Å². The lowest BCUT2D eigenvalue weighted by molar-refractivity contribution is 0.0697. The van der Waals surface area contributed by atoms with E-state index in [1.54, 1.807) is 19.1 Å². The predicted octanol–water partition coefficient (Wildman–Crippen LogP) is 2.20. The molecule has 0 spiro atoms. The number of hydrogen-bond donors (Lipinski definition) is 3. The molecule has 7 heteroatoms. The minimum atomic E-state index is -4.19. The van der Waals surface area contributed by atoms with Gasteiger partial charge in [0.1, 0.15) is 5.25 Å². The third-order valence-electron chi connectivity index (χ3n) is 2.97. The van der Waals surface area contributed by atoms with E-state index < -0.39 is 21.3 Å². The first-order valence-corrected chi connectivity index (χ1v) is 7.15. The maximum absolute atomic E-state index is 11.3. The molecule has 1 atom stereocenters. The number of H-pyrrole nitrogens is 1. The van der Waals surface area contributed by atoms with Crippen LogP contribution in [0, 0.1) is 0 Å². The van der Waals surface area contributed by atoms with Gasteiger partial charge in [0.15, 0.2) is 0 Å². The van der Waals surface area contributed by atoms with Gasteiger partial charge in [-0.25, -0.2) is 4.79 Å². The molecule has 0 fully saturated rings. The number of hydrogen-bond acceptors (Lipinski definition) is 3. The summed E-state index contributed by atoms with van der Waals surface area (Å²) in [6, 6.07) is 6.06. The first-order valence-electron chi connectivity index (χ1n) is 5.65. The van der Waals surface area contributed by atoms with Crippen molar-refractivity contribution in [2.75, 3.05) is 0 Å². The number of carbonyl (C=O) groups is 1. The van der Waals surface area contributed by atoms with E-state index in [1.165, 1.54) is 12.1 Å². The molecule has 0 aliphatic heterocycles. The van der Waals surface area contributed by atoms with Crippen LogP contribution >= 0.6 is 0 Å². The van der Waals surface area contributed by atoms with Gasteiger partial charge < -0.3 is 10.1 Å². The molecule has 1 aromatic carbocycles. The molecule has 0 radical (unpaired) electrons. The van der Waals surface area contributed by atoms with Gasteiger partial charge in [0.2, 0.25) is 0 Å². The molecule has 1 unspecified atom stereocenters. The maximum Gasteiger partial charge on any atom is 0.335 e. The largest absolute Gasteiger partial charge is 0.478 e. The van der Waals surface area contributed by atoms with Crippen molar-refractivity contribution in [3.05, 3.63) is 35.5 Å². The number of nitrogens with one attached hydrogen (secondary N) is 1. The molecular formula is C12H13NO5S. The minimum absolute atomic E-state index is 0.112. The molecule has 2 aromatic rings. The lowest BCUT2D eigenvalue weighted by atomic mass is 10.1. The molecule has 0 saturated heterocycles. The average Bonchev–Trinajstić information content (AvgIpc) is 2.69. The monoisotopic (exact) mass is 283 g/mol. The number of aromatic amines is 1. The van der Waals surface area contributed by atoms with Gasteiger partial charge in [-0.2, -0.15) is 8.42 Å². The summed E-state index contributed by atoms with van der Waals surface area (Å²) in [6.45, 7) is 1.65. The zero-order valence-corrected chi connectivity index (χ0v) is 10.9. The summed E-state index contributed by atoms with van der Waals surface area (Å²) in [5, 5.41) is 8.55. The summed E-state index contributed by atoms with van der Waals surface area (Å²) < 4.78 is 31.7. The van der Waals surface area contributed by atoms with Crippen molar-refractivity contribution in [2.24, 2.45) is 0 Å². The lowest BCUT2D eigenvalue weighted by Gasteiger charge is -2.08. The molecule has 0 amide bonds. The Morgan fingerprint density at radius 2 is 2.05 bits per heavy atom. The number of benzene rings is 1. The molecular weight excluding hydrogens is 270 g/mol. The van der Waals surface area contributed by atoms with Crippen molar-refractivity contribution in [3.63, 3.8) is 0 Å². The van der Waals surface area contributed by atoms with Crippen LogP contribution in [-0.4, -0.2) is 29.0 Å². The van der Waals surface area contributed by atoms with Crippen LogP contribution in [0.4, 0.5) is 0 Å². The number of carboxylic acids is 1. The molecule has 0 aliphatic rings.